The highest BCUT2D eigenvalue weighted by Crippen LogP contribution is 2.27. The average molecular weight is 326 g/mol. The molecule has 1 aliphatic rings. The molecule has 0 aliphatic heterocycles. The summed E-state index contributed by atoms with van der Waals surface area (Å²) < 4.78 is 25.8. The number of sulfonamides is 1. The zero-order chi connectivity index (χ0) is 16.2. The molecule has 22 heavy (non-hydrogen) atoms. The maximum absolute atomic E-state index is 11.9. The Morgan fingerprint density at radius 2 is 1.95 bits per heavy atom. The topological polar surface area (TPSA) is 113 Å². The summed E-state index contributed by atoms with van der Waals surface area (Å²) in [6, 6.07) is 2.39. The zero-order valence-corrected chi connectivity index (χ0v) is 12.8. The Kier molecular flexibility index (Phi) is 5.12. The van der Waals surface area contributed by atoms with Crippen LogP contribution in [0.25, 0.3) is 0 Å². The molecule has 0 saturated heterocycles. The smallest absolute Gasteiger partial charge is 0.337 e. The van der Waals surface area contributed by atoms with Gasteiger partial charge >= 0.3 is 5.97 Å². The molecule has 2 N–H and O–H groups in total. The van der Waals surface area contributed by atoms with E-state index < -0.39 is 21.9 Å². The molecule has 2 rings (SSSR count). The molecule has 1 aromatic rings. The summed E-state index contributed by atoms with van der Waals surface area (Å²) in [5, 5.41) is 8.74. The van der Waals surface area contributed by atoms with Crippen molar-refractivity contribution in [1.82, 2.24) is 9.71 Å². The van der Waals surface area contributed by atoms with Gasteiger partial charge in [-0.3, -0.25) is 9.78 Å². The van der Waals surface area contributed by atoms with E-state index in [1.807, 2.05) is 4.72 Å². The lowest BCUT2D eigenvalue weighted by Gasteiger charge is -2.10. The molecule has 0 unspecified atom stereocenters. The molecule has 1 heterocycles. The Labute approximate surface area is 128 Å². The summed E-state index contributed by atoms with van der Waals surface area (Å²) in [6.45, 7) is 0. The first-order valence-corrected chi connectivity index (χ1v) is 8.77. The molecule has 0 bridgehead atoms. The second-order valence-corrected chi connectivity index (χ2v) is 7.27. The summed E-state index contributed by atoms with van der Waals surface area (Å²) in [5.41, 5.74) is -0.199. The number of aromatic nitrogens is 1. The van der Waals surface area contributed by atoms with Gasteiger partial charge in [-0.25, -0.2) is 17.9 Å². The van der Waals surface area contributed by atoms with Crippen molar-refractivity contribution in [3.8, 4) is 0 Å². The quantitative estimate of drug-likeness (QED) is 0.817. The van der Waals surface area contributed by atoms with E-state index >= 15 is 0 Å². The second-order valence-electron chi connectivity index (χ2n) is 5.43. The van der Waals surface area contributed by atoms with Gasteiger partial charge in [0, 0.05) is 6.20 Å². The number of hydrogen-bond acceptors (Lipinski definition) is 5. The van der Waals surface area contributed by atoms with Crippen molar-refractivity contribution in [2.45, 2.75) is 32.1 Å². The SMILES string of the molecule is O=C(O)c1ccc(C(=O)NS(=O)(=O)CCC2CCCC2)nc1. The maximum atomic E-state index is 11.9. The van der Waals surface area contributed by atoms with Gasteiger partial charge in [-0.1, -0.05) is 25.7 Å². The first-order valence-electron chi connectivity index (χ1n) is 7.11. The van der Waals surface area contributed by atoms with Gasteiger partial charge in [0.05, 0.1) is 11.3 Å². The molecule has 1 aromatic heterocycles. The Bertz CT molecular complexity index is 648. The van der Waals surface area contributed by atoms with Crippen LogP contribution in [0.2, 0.25) is 0 Å². The van der Waals surface area contributed by atoms with E-state index in [1.165, 1.54) is 12.1 Å². The van der Waals surface area contributed by atoms with Crippen LogP contribution in [0.3, 0.4) is 0 Å². The highest BCUT2D eigenvalue weighted by atomic mass is 32.2. The van der Waals surface area contributed by atoms with Gasteiger partial charge in [-0.05, 0) is 24.5 Å². The standard InChI is InChI=1S/C14H18N2O5S/c17-13(12-6-5-11(9-15-12)14(18)19)16-22(20,21)8-7-10-3-1-2-4-10/h5-6,9-10H,1-4,7-8H2,(H,16,17)(H,18,19). The Morgan fingerprint density at radius 1 is 1.27 bits per heavy atom. The minimum Gasteiger partial charge on any atom is -0.478 e. The highest BCUT2D eigenvalue weighted by Gasteiger charge is 2.21. The average Bonchev–Trinajstić information content (AvgIpc) is 2.98. The Morgan fingerprint density at radius 3 is 2.50 bits per heavy atom. The molecular formula is C14H18N2O5S. The van der Waals surface area contributed by atoms with Crippen LogP contribution < -0.4 is 4.72 Å². The lowest BCUT2D eigenvalue weighted by Crippen LogP contribution is -2.33. The van der Waals surface area contributed by atoms with Gasteiger partial charge in [0.25, 0.3) is 5.91 Å². The van der Waals surface area contributed by atoms with Crippen molar-refractivity contribution in [1.29, 1.82) is 0 Å². The van der Waals surface area contributed by atoms with Crippen LogP contribution in [-0.2, 0) is 10.0 Å². The number of nitrogens with one attached hydrogen (secondary N) is 1. The fraction of sp³-hybridized carbons (Fsp3) is 0.500. The van der Waals surface area contributed by atoms with E-state index in [0.29, 0.717) is 12.3 Å². The van der Waals surface area contributed by atoms with Gasteiger partial charge in [0.2, 0.25) is 10.0 Å². The van der Waals surface area contributed by atoms with Crippen LogP contribution in [-0.4, -0.2) is 36.1 Å². The molecule has 1 amide bonds. The van der Waals surface area contributed by atoms with Gasteiger partial charge in [-0.2, -0.15) is 0 Å². The second kappa shape index (κ2) is 6.87. The minimum absolute atomic E-state index is 0.0689. The van der Waals surface area contributed by atoms with Crippen molar-refractivity contribution in [3.63, 3.8) is 0 Å². The molecule has 120 valence electrons. The molecule has 1 aliphatic carbocycles. The van der Waals surface area contributed by atoms with Crippen molar-refractivity contribution < 1.29 is 23.1 Å². The van der Waals surface area contributed by atoms with Crippen molar-refractivity contribution in [3.05, 3.63) is 29.6 Å². The predicted molar refractivity (Wildman–Crippen MR) is 79.0 cm³/mol. The number of nitrogens with zero attached hydrogens (tertiary/aromatic N) is 1. The maximum Gasteiger partial charge on any atom is 0.337 e. The lowest BCUT2D eigenvalue weighted by atomic mass is 10.1. The van der Waals surface area contributed by atoms with Crippen molar-refractivity contribution in [2.24, 2.45) is 5.92 Å². The van der Waals surface area contributed by atoms with Crippen LogP contribution in [0.1, 0.15) is 53.0 Å². The highest BCUT2D eigenvalue weighted by molar-refractivity contribution is 7.90. The van der Waals surface area contributed by atoms with Crippen molar-refractivity contribution in [2.75, 3.05) is 5.75 Å². The lowest BCUT2D eigenvalue weighted by molar-refractivity contribution is 0.0695. The van der Waals surface area contributed by atoms with Crippen LogP contribution >= 0.6 is 0 Å². The number of rotatable bonds is 6. The third kappa shape index (κ3) is 4.52. The van der Waals surface area contributed by atoms with Gasteiger partial charge in [-0.15, -0.1) is 0 Å². The fourth-order valence-electron chi connectivity index (χ4n) is 2.52. The molecule has 7 nitrogen and oxygen atoms in total. The molecule has 0 radical (unpaired) electrons. The summed E-state index contributed by atoms with van der Waals surface area (Å²) in [6.07, 6.45) is 5.92. The molecule has 1 fully saturated rings. The minimum atomic E-state index is -3.70. The summed E-state index contributed by atoms with van der Waals surface area (Å²) in [4.78, 5) is 26.2. The Hall–Kier alpha value is -1.96. The molecule has 0 atom stereocenters. The van der Waals surface area contributed by atoms with Gasteiger partial charge < -0.3 is 5.11 Å². The van der Waals surface area contributed by atoms with Crippen LogP contribution in [0.15, 0.2) is 18.3 Å². The predicted octanol–water partition coefficient (Wildman–Crippen LogP) is 1.42. The van der Waals surface area contributed by atoms with Crippen LogP contribution in [0.4, 0.5) is 0 Å². The third-order valence-corrected chi connectivity index (χ3v) is 5.03. The zero-order valence-electron chi connectivity index (χ0n) is 12.0. The van der Waals surface area contributed by atoms with E-state index in [9.17, 15) is 18.0 Å². The van der Waals surface area contributed by atoms with Crippen LogP contribution in [0, 0.1) is 5.92 Å². The number of carbonyl (C=O) groups excluding carboxylic acids is 1. The first-order chi connectivity index (χ1) is 10.4. The molecule has 0 spiro atoms. The van der Waals surface area contributed by atoms with E-state index in [-0.39, 0.29) is 17.0 Å². The number of carbonyl (C=O) groups is 2. The summed E-state index contributed by atoms with van der Waals surface area (Å²) >= 11 is 0. The van der Waals surface area contributed by atoms with Gasteiger partial charge in [0.15, 0.2) is 0 Å². The monoisotopic (exact) mass is 326 g/mol. The third-order valence-electron chi connectivity index (χ3n) is 3.76. The molecule has 1 saturated carbocycles. The number of hydrogen-bond donors (Lipinski definition) is 2. The van der Waals surface area contributed by atoms with E-state index in [0.717, 1.165) is 31.9 Å². The number of carboxylic acid groups (broad SMARTS) is 1. The normalized spacial score (nSPS) is 15.6. The largest absolute Gasteiger partial charge is 0.478 e. The number of amides is 1. The molecule has 8 heteroatoms. The van der Waals surface area contributed by atoms with E-state index in [2.05, 4.69) is 4.98 Å². The fourth-order valence-corrected chi connectivity index (χ4v) is 3.65. The number of aromatic carboxylic acids is 1. The van der Waals surface area contributed by atoms with Crippen LogP contribution in [0.5, 0.6) is 0 Å². The first kappa shape index (κ1) is 16.4. The van der Waals surface area contributed by atoms with E-state index in [4.69, 9.17) is 5.11 Å². The molecular weight excluding hydrogens is 308 g/mol. The number of carboxylic acids is 1. The molecule has 0 aromatic carbocycles. The van der Waals surface area contributed by atoms with Crippen molar-refractivity contribution >= 4 is 21.9 Å². The summed E-state index contributed by atoms with van der Waals surface area (Å²) in [5.74, 6) is -1.68. The number of pyridine rings is 1. The van der Waals surface area contributed by atoms with Gasteiger partial charge in [0.1, 0.15) is 5.69 Å². The Balaban J connectivity index is 1.93. The van der Waals surface area contributed by atoms with E-state index in [1.54, 1.807) is 0 Å². The summed E-state index contributed by atoms with van der Waals surface area (Å²) in [7, 11) is -3.70.